The van der Waals surface area contributed by atoms with Gasteiger partial charge in [-0.25, -0.2) is 14.5 Å². The van der Waals surface area contributed by atoms with Crippen molar-refractivity contribution in [1.82, 2.24) is 24.5 Å². The van der Waals surface area contributed by atoms with Gasteiger partial charge in [0.2, 0.25) is 5.82 Å². The highest BCUT2D eigenvalue weighted by Gasteiger charge is 2.25. The first-order valence-corrected chi connectivity index (χ1v) is 10.1. The van der Waals surface area contributed by atoms with Crippen LogP contribution in [0, 0.1) is 0 Å². The van der Waals surface area contributed by atoms with Crippen LogP contribution in [0.2, 0.25) is 0 Å². The number of aliphatic hydroxyl groups excluding tert-OH is 2. The largest absolute Gasteiger partial charge is 0.392 e. The van der Waals surface area contributed by atoms with Gasteiger partial charge in [-0.2, -0.15) is 0 Å². The Morgan fingerprint density at radius 2 is 1.96 bits per heavy atom. The summed E-state index contributed by atoms with van der Waals surface area (Å²) in [6.45, 7) is 3.43. The van der Waals surface area contributed by atoms with Gasteiger partial charge in [0.15, 0.2) is 5.65 Å². The predicted octanol–water partition coefficient (Wildman–Crippen LogP) is 1.42. The van der Waals surface area contributed by atoms with Crippen LogP contribution in [0.5, 0.6) is 0 Å². The summed E-state index contributed by atoms with van der Waals surface area (Å²) < 4.78 is 1.56. The molecule has 0 aliphatic heterocycles. The van der Waals surface area contributed by atoms with Crippen molar-refractivity contribution in [3.8, 4) is 0 Å². The minimum Gasteiger partial charge on any atom is -0.392 e. The van der Waals surface area contributed by atoms with Gasteiger partial charge in [0.05, 0.1) is 17.6 Å². The second kappa shape index (κ2) is 7.14. The van der Waals surface area contributed by atoms with Gasteiger partial charge < -0.3 is 15.1 Å². The van der Waals surface area contributed by atoms with Crippen LogP contribution in [0.4, 0.5) is 0 Å². The molecule has 4 rings (SSSR count). The number of carbonyl (C=O) groups excluding carboxylic acids is 1. The smallest absolute Gasteiger partial charge is 0.293 e. The molecular formula is C18H23N5O3S. The first kappa shape index (κ1) is 18.3. The molecular weight excluding hydrogens is 366 g/mol. The number of hydrogen-bond acceptors (Lipinski definition) is 7. The van der Waals surface area contributed by atoms with E-state index in [1.54, 1.807) is 36.0 Å². The number of aliphatic hydroxyl groups is 2. The molecule has 1 aliphatic carbocycles. The number of amides is 1. The summed E-state index contributed by atoms with van der Waals surface area (Å²) in [6.07, 6.45) is 4.60. The molecule has 0 unspecified atom stereocenters. The summed E-state index contributed by atoms with van der Waals surface area (Å²) in [5.41, 5.74) is 1.94. The number of carbonyl (C=O) groups is 1. The van der Waals surface area contributed by atoms with E-state index in [0.29, 0.717) is 5.65 Å². The molecule has 27 heavy (non-hydrogen) atoms. The third kappa shape index (κ3) is 3.42. The number of hydrogen-bond donors (Lipinski definition) is 2. The molecule has 0 aromatic carbocycles. The molecule has 144 valence electrons. The maximum atomic E-state index is 12.9. The SMILES string of the molecule is C[C@H](O)CN(C[C@@H](C)O)C(=O)c1nc2c3c4c(sc3ncn2n1)CCCC4. The zero-order chi connectivity index (χ0) is 19.1. The Labute approximate surface area is 160 Å². The minimum atomic E-state index is -0.706. The van der Waals surface area contributed by atoms with Crippen molar-refractivity contribution in [2.24, 2.45) is 0 Å². The average Bonchev–Trinajstić information content (AvgIpc) is 3.20. The van der Waals surface area contributed by atoms with E-state index in [4.69, 9.17) is 0 Å². The van der Waals surface area contributed by atoms with Gasteiger partial charge >= 0.3 is 0 Å². The second-order valence-corrected chi connectivity index (χ2v) is 8.33. The Kier molecular flexibility index (Phi) is 4.83. The van der Waals surface area contributed by atoms with Gasteiger partial charge in [-0.3, -0.25) is 4.79 Å². The molecule has 2 atom stereocenters. The molecule has 0 bridgehead atoms. The van der Waals surface area contributed by atoms with Crippen LogP contribution in [0.1, 0.15) is 47.7 Å². The Hall–Kier alpha value is -2.10. The highest BCUT2D eigenvalue weighted by Crippen LogP contribution is 2.36. The van der Waals surface area contributed by atoms with Crippen molar-refractivity contribution >= 4 is 33.1 Å². The molecule has 1 amide bonds. The van der Waals surface area contributed by atoms with Crippen LogP contribution < -0.4 is 0 Å². The fourth-order valence-corrected chi connectivity index (χ4v) is 4.89. The Bertz CT molecular complexity index is 984. The molecule has 3 aromatic rings. The van der Waals surface area contributed by atoms with Crippen LogP contribution in [0.3, 0.4) is 0 Å². The quantitative estimate of drug-likeness (QED) is 0.684. The fourth-order valence-electron chi connectivity index (χ4n) is 3.66. The summed E-state index contributed by atoms with van der Waals surface area (Å²) in [4.78, 5) is 25.6. The number of nitrogens with zero attached hydrogens (tertiary/aromatic N) is 5. The molecule has 8 nitrogen and oxygen atoms in total. The van der Waals surface area contributed by atoms with Gasteiger partial charge in [-0.1, -0.05) is 0 Å². The van der Waals surface area contributed by atoms with Gasteiger partial charge in [0, 0.05) is 18.0 Å². The molecule has 9 heteroatoms. The van der Waals surface area contributed by atoms with Crippen molar-refractivity contribution in [2.75, 3.05) is 13.1 Å². The predicted molar refractivity (Wildman–Crippen MR) is 102 cm³/mol. The van der Waals surface area contributed by atoms with Gasteiger partial charge in [0.1, 0.15) is 11.2 Å². The minimum absolute atomic E-state index is 0.0568. The molecule has 0 radical (unpaired) electrons. The molecule has 0 fully saturated rings. The van der Waals surface area contributed by atoms with E-state index in [0.717, 1.165) is 29.5 Å². The summed E-state index contributed by atoms with van der Waals surface area (Å²) in [5, 5.41) is 24.7. The number of thiophene rings is 1. The van der Waals surface area contributed by atoms with Crippen molar-refractivity contribution < 1.29 is 15.0 Å². The lowest BCUT2D eigenvalue weighted by atomic mass is 9.97. The van der Waals surface area contributed by atoms with Crippen LogP contribution >= 0.6 is 11.3 Å². The molecule has 0 saturated carbocycles. The van der Waals surface area contributed by atoms with E-state index >= 15 is 0 Å². The molecule has 0 spiro atoms. The third-order valence-corrected chi connectivity index (χ3v) is 5.94. The van der Waals surface area contributed by atoms with Gasteiger partial charge in [0.25, 0.3) is 5.91 Å². The highest BCUT2D eigenvalue weighted by atomic mass is 32.1. The number of fused-ring (bicyclic) bond motifs is 5. The van der Waals surface area contributed by atoms with Crippen molar-refractivity contribution in [3.05, 3.63) is 22.6 Å². The molecule has 3 aromatic heterocycles. The number of aryl methyl sites for hydroxylation is 2. The van der Waals surface area contributed by atoms with E-state index in [1.165, 1.54) is 21.8 Å². The molecule has 3 heterocycles. The highest BCUT2D eigenvalue weighted by molar-refractivity contribution is 7.19. The number of aromatic nitrogens is 4. The Balaban J connectivity index is 1.77. The van der Waals surface area contributed by atoms with E-state index < -0.39 is 18.1 Å². The summed E-state index contributed by atoms with van der Waals surface area (Å²) in [5.74, 6) is -0.348. The lowest BCUT2D eigenvalue weighted by Gasteiger charge is -2.23. The monoisotopic (exact) mass is 389 g/mol. The van der Waals surface area contributed by atoms with Gasteiger partial charge in [-0.15, -0.1) is 16.4 Å². The van der Waals surface area contributed by atoms with Crippen LogP contribution in [-0.2, 0) is 12.8 Å². The van der Waals surface area contributed by atoms with E-state index in [9.17, 15) is 15.0 Å². The van der Waals surface area contributed by atoms with E-state index in [-0.39, 0.29) is 18.9 Å². The van der Waals surface area contributed by atoms with Crippen LogP contribution in [0.25, 0.3) is 15.9 Å². The first-order valence-electron chi connectivity index (χ1n) is 9.25. The van der Waals surface area contributed by atoms with Crippen molar-refractivity contribution in [3.63, 3.8) is 0 Å². The Morgan fingerprint density at radius 1 is 1.26 bits per heavy atom. The second-order valence-electron chi connectivity index (χ2n) is 7.25. The van der Waals surface area contributed by atoms with Gasteiger partial charge in [-0.05, 0) is 45.1 Å². The van der Waals surface area contributed by atoms with Crippen LogP contribution in [0.15, 0.2) is 6.33 Å². The average molecular weight is 389 g/mol. The summed E-state index contributed by atoms with van der Waals surface area (Å²) in [7, 11) is 0. The zero-order valence-electron chi connectivity index (χ0n) is 15.4. The summed E-state index contributed by atoms with van der Waals surface area (Å²) >= 11 is 1.70. The lowest BCUT2D eigenvalue weighted by molar-refractivity contribution is 0.0507. The molecule has 2 N–H and O–H groups in total. The van der Waals surface area contributed by atoms with Crippen molar-refractivity contribution in [1.29, 1.82) is 0 Å². The number of rotatable bonds is 5. The zero-order valence-corrected chi connectivity index (χ0v) is 16.2. The van der Waals surface area contributed by atoms with E-state index in [1.807, 2.05) is 0 Å². The summed E-state index contributed by atoms with van der Waals surface area (Å²) in [6, 6.07) is 0. The first-order chi connectivity index (χ1) is 12.9. The molecule has 0 saturated heterocycles. The van der Waals surface area contributed by atoms with Crippen molar-refractivity contribution in [2.45, 2.75) is 51.7 Å². The fraction of sp³-hybridized carbons (Fsp3) is 0.556. The third-order valence-electron chi connectivity index (χ3n) is 4.74. The van der Waals surface area contributed by atoms with E-state index in [2.05, 4.69) is 15.1 Å². The topological polar surface area (TPSA) is 104 Å². The standard InChI is InChI=1S/C18H23N5O3S/c1-10(24)7-22(8-11(2)25)18(26)15-20-16-14-12-5-3-4-6-13(12)27-17(14)19-9-23(16)21-15/h9-11,24-25H,3-8H2,1-2H3/t10-,11+. The molecule has 1 aliphatic rings. The Morgan fingerprint density at radius 3 is 2.67 bits per heavy atom. The maximum absolute atomic E-state index is 12.9. The maximum Gasteiger partial charge on any atom is 0.293 e. The van der Waals surface area contributed by atoms with Crippen LogP contribution in [-0.4, -0.2) is 65.9 Å². The normalized spacial score (nSPS) is 16.4. The lowest BCUT2D eigenvalue weighted by Crippen LogP contribution is -2.41.